The molecule has 6 nitrogen and oxygen atoms in total. The van der Waals surface area contributed by atoms with Crippen molar-refractivity contribution in [3.63, 3.8) is 0 Å². The predicted molar refractivity (Wildman–Crippen MR) is 109 cm³/mol. The minimum Gasteiger partial charge on any atom is -0.452 e. The van der Waals surface area contributed by atoms with Gasteiger partial charge in [0.15, 0.2) is 6.61 Å². The SMILES string of the molecule is CCN(Cc1ccc(Cl)s1)C(=O)COC(=O)c1cccc(N2CCCC2=O)c1. The van der Waals surface area contributed by atoms with Crippen molar-refractivity contribution in [3.8, 4) is 0 Å². The van der Waals surface area contributed by atoms with Crippen LogP contribution in [-0.4, -0.2) is 42.4 Å². The molecule has 1 aliphatic heterocycles. The maximum absolute atomic E-state index is 12.4. The second kappa shape index (κ2) is 9.21. The van der Waals surface area contributed by atoms with E-state index in [1.807, 2.05) is 13.0 Å². The van der Waals surface area contributed by atoms with Gasteiger partial charge in [0.1, 0.15) is 0 Å². The molecule has 1 saturated heterocycles. The van der Waals surface area contributed by atoms with Crippen molar-refractivity contribution in [2.24, 2.45) is 0 Å². The van der Waals surface area contributed by atoms with Gasteiger partial charge >= 0.3 is 5.97 Å². The number of ether oxygens (including phenoxy) is 1. The lowest BCUT2D eigenvalue weighted by atomic mass is 10.2. The van der Waals surface area contributed by atoms with E-state index in [9.17, 15) is 14.4 Å². The molecular formula is C20H21ClN2O4S. The Morgan fingerprint density at radius 1 is 1.29 bits per heavy atom. The number of likely N-dealkylation sites (N-methyl/N-ethyl adjacent to an activating group) is 1. The van der Waals surface area contributed by atoms with Crippen LogP contribution >= 0.6 is 22.9 Å². The number of anilines is 1. The zero-order valence-electron chi connectivity index (χ0n) is 15.5. The Kier molecular flexibility index (Phi) is 6.70. The number of carbonyl (C=O) groups excluding carboxylic acids is 3. The number of rotatable bonds is 7. The molecule has 2 heterocycles. The molecule has 1 aliphatic rings. The lowest BCUT2D eigenvalue weighted by molar-refractivity contribution is -0.134. The average molecular weight is 421 g/mol. The van der Waals surface area contributed by atoms with Gasteiger partial charge < -0.3 is 14.5 Å². The smallest absolute Gasteiger partial charge is 0.338 e. The molecule has 0 spiro atoms. The summed E-state index contributed by atoms with van der Waals surface area (Å²) in [5.41, 5.74) is 0.992. The Labute approximate surface area is 172 Å². The Morgan fingerprint density at radius 3 is 2.75 bits per heavy atom. The molecule has 0 unspecified atom stereocenters. The minimum atomic E-state index is -0.586. The topological polar surface area (TPSA) is 66.9 Å². The Hall–Kier alpha value is -2.38. The van der Waals surface area contributed by atoms with Gasteiger partial charge in [-0.2, -0.15) is 0 Å². The highest BCUT2D eigenvalue weighted by molar-refractivity contribution is 7.16. The van der Waals surface area contributed by atoms with E-state index in [-0.39, 0.29) is 18.4 Å². The summed E-state index contributed by atoms with van der Waals surface area (Å²) in [4.78, 5) is 40.9. The quantitative estimate of drug-likeness (QED) is 0.640. The molecule has 3 rings (SSSR count). The normalized spacial score (nSPS) is 13.6. The van der Waals surface area contributed by atoms with Crippen LogP contribution in [0, 0.1) is 0 Å². The summed E-state index contributed by atoms with van der Waals surface area (Å²) < 4.78 is 5.87. The molecule has 1 aromatic carbocycles. The molecule has 0 atom stereocenters. The summed E-state index contributed by atoms with van der Waals surface area (Å²) in [6, 6.07) is 10.4. The summed E-state index contributed by atoms with van der Waals surface area (Å²) >= 11 is 7.34. The van der Waals surface area contributed by atoms with E-state index in [0.717, 1.165) is 11.3 Å². The van der Waals surface area contributed by atoms with Crippen LogP contribution in [-0.2, 0) is 20.9 Å². The van der Waals surface area contributed by atoms with Crippen LogP contribution in [0.5, 0.6) is 0 Å². The molecule has 148 valence electrons. The maximum atomic E-state index is 12.4. The third-order valence-corrected chi connectivity index (χ3v) is 5.72. The lowest BCUT2D eigenvalue weighted by Crippen LogP contribution is -2.33. The van der Waals surface area contributed by atoms with Crippen LogP contribution in [0.2, 0.25) is 4.34 Å². The fraction of sp³-hybridized carbons (Fsp3) is 0.350. The lowest BCUT2D eigenvalue weighted by Gasteiger charge is -2.20. The number of benzene rings is 1. The highest BCUT2D eigenvalue weighted by atomic mass is 35.5. The van der Waals surface area contributed by atoms with Crippen molar-refractivity contribution in [2.75, 3.05) is 24.6 Å². The second-order valence-electron chi connectivity index (χ2n) is 6.39. The van der Waals surface area contributed by atoms with Gasteiger partial charge in [0.2, 0.25) is 5.91 Å². The van der Waals surface area contributed by atoms with E-state index < -0.39 is 5.97 Å². The molecule has 28 heavy (non-hydrogen) atoms. The number of nitrogens with zero attached hydrogens (tertiary/aromatic N) is 2. The number of hydrogen-bond acceptors (Lipinski definition) is 5. The van der Waals surface area contributed by atoms with Crippen molar-refractivity contribution in [1.82, 2.24) is 4.90 Å². The number of esters is 1. The van der Waals surface area contributed by atoms with E-state index in [0.29, 0.717) is 41.6 Å². The Balaban J connectivity index is 1.58. The minimum absolute atomic E-state index is 0.0490. The number of carbonyl (C=O) groups is 3. The van der Waals surface area contributed by atoms with E-state index >= 15 is 0 Å². The Bertz CT molecular complexity index is 883. The maximum Gasteiger partial charge on any atom is 0.338 e. The highest BCUT2D eigenvalue weighted by Crippen LogP contribution is 2.24. The predicted octanol–water partition coefficient (Wildman–Crippen LogP) is 3.73. The first-order valence-corrected chi connectivity index (χ1v) is 10.3. The molecule has 2 aromatic rings. The molecular weight excluding hydrogens is 400 g/mol. The van der Waals surface area contributed by atoms with Gasteiger partial charge in [-0.25, -0.2) is 4.79 Å². The number of thiophene rings is 1. The average Bonchev–Trinajstić information content (AvgIpc) is 3.31. The summed E-state index contributed by atoms with van der Waals surface area (Å²) in [6.45, 7) is 3.10. The monoisotopic (exact) mass is 420 g/mol. The van der Waals surface area contributed by atoms with Crippen LogP contribution in [0.1, 0.15) is 35.0 Å². The molecule has 0 aliphatic carbocycles. The van der Waals surface area contributed by atoms with Crippen molar-refractivity contribution < 1.29 is 19.1 Å². The molecule has 1 aromatic heterocycles. The molecule has 0 N–H and O–H groups in total. The zero-order valence-corrected chi connectivity index (χ0v) is 17.1. The van der Waals surface area contributed by atoms with E-state index in [2.05, 4.69) is 0 Å². The Morgan fingerprint density at radius 2 is 2.11 bits per heavy atom. The third-order valence-electron chi connectivity index (χ3n) is 4.50. The largest absolute Gasteiger partial charge is 0.452 e. The number of hydrogen-bond donors (Lipinski definition) is 0. The number of halogens is 1. The standard InChI is InChI=1S/C20H21ClN2O4S/c1-2-22(12-16-8-9-17(21)28-16)19(25)13-27-20(26)14-5-3-6-15(11-14)23-10-4-7-18(23)24/h3,5-6,8-9,11H,2,4,7,10,12-13H2,1H3. The fourth-order valence-corrected chi connectivity index (χ4v) is 4.13. The molecule has 0 bridgehead atoms. The first-order valence-electron chi connectivity index (χ1n) is 9.07. The van der Waals surface area contributed by atoms with E-state index in [1.165, 1.54) is 11.3 Å². The van der Waals surface area contributed by atoms with Crippen molar-refractivity contribution in [2.45, 2.75) is 26.3 Å². The van der Waals surface area contributed by atoms with Crippen molar-refractivity contribution >= 4 is 46.4 Å². The van der Waals surface area contributed by atoms with Gasteiger partial charge in [0.25, 0.3) is 5.91 Å². The molecule has 0 radical (unpaired) electrons. The fourth-order valence-electron chi connectivity index (χ4n) is 3.02. The van der Waals surface area contributed by atoms with Gasteiger partial charge in [0.05, 0.1) is 16.4 Å². The highest BCUT2D eigenvalue weighted by Gasteiger charge is 2.23. The van der Waals surface area contributed by atoms with Crippen LogP contribution in [0.4, 0.5) is 5.69 Å². The van der Waals surface area contributed by atoms with Gasteiger partial charge in [-0.05, 0) is 43.7 Å². The van der Waals surface area contributed by atoms with Crippen molar-refractivity contribution in [1.29, 1.82) is 0 Å². The van der Waals surface area contributed by atoms with E-state index in [1.54, 1.807) is 40.1 Å². The van der Waals surface area contributed by atoms with Crippen LogP contribution in [0.15, 0.2) is 36.4 Å². The van der Waals surface area contributed by atoms with E-state index in [4.69, 9.17) is 16.3 Å². The molecule has 1 fully saturated rings. The molecule has 0 saturated carbocycles. The number of amides is 2. The first kappa shape index (κ1) is 20.4. The summed E-state index contributed by atoms with van der Waals surface area (Å²) in [5, 5.41) is 0. The zero-order chi connectivity index (χ0) is 20.1. The summed E-state index contributed by atoms with van der Waals surface area (Å²) in [7, 11) is 0. The van der Waals surface area contributed by atoms with Gasteiger partial charge in [0, 0.05) is 30.1 Å². The van der Waals surface area contributed by atoms with Gasteiger partial charge in [-0.3, -0.25) is 9.59 Å². The van der Waals surface area contributed by atoms with Crippen LogP contribution in [0.3, 0.4) is 0 Å². The second-order valence-corrected chi connectivity index (χ2v) is 8.19. The summed E-state index contributed by atoms with van der Waals surface area (Å²) in [6.07, 6.45) is 1.33. The molecule has 8 heteroatoms. The van der Waals surface area contributed by atoms with Crippen molar-refractivity contribution in [3.05, 3.63) is 51.2 Å². The van der Waals surface area contributed by atoms with Gasteiger partial charge in [-0.1, -0.05) is 17.7 Å². The third kappa shape index (κ3) is 4.91. The molecule has 2 amide bonds. The van der Waals surface area contributed by atoms with Crippen LogP contribution < -0.4 is 4.90 Å². The van der Waals surface area contributed by atoms with Gasteiger partial charge in [-0.15, -0.1) is 11.3 Å². The van der Waals surface area contributed by atoms with Crippen LogP contribution in [0.25, 0.3) is 0 Å². The first-order chi connectivity index (χ1) is 13.5. The summed E-state index contributed by atoms with van der Waals surface area (Å²) in [5.74, 6) is -0.809.